The fourth-order valence-corrected chi connectivity index (χ4v) is 5.51. The van der Waals surface area contributed by atoms with Gasteiger partial charge in [0.15, 0.2) is 0 Å². The number of hydrogen-bond acceptors (Lipinski definition) is 3. The fourth-order valence-electron chi connectivity index (χ4n) is 5.51. The number of carbonyl (C=O) groups excluding carboxylic acids is 3. The Morgan fingerprint density at radius 3 is 1.97 bits per heavy atom. The quantitative estimate of drug-likeness (QED) is 0.583. The normalized spacial score (nSPS) is 25.9. The summed E-state index contributed by atoms with van der Waals surface area (Å²) in [6, 6.07) is 12.9. The number of anilines is 2. The van der Waals surface area contributed by atoms with E-state index < -0.39 is 0 Å². The second-order valence-corrected chi connectivity index (χ2v) is 8.67. The van der Waals surface area contributed by atoms with Gasteiger partial charge < -0.3 is 5.32 Å². The van der Waals surface area contributed by atoms with Crippen molar-refractivity contribution in [3.8, 4) is 0 Å². The van der Waals surface area contributed by atoms with Gasteiger partial charge in [0.25, 0.3) is 5.91 Å². The van der Waals surface area contributed by atoms with Crippen molar-refractivity contribution < 1.29 is 14.4 Å². The molecular weight excluding hydrogens is 388 g/mol. The monoisotopic (exact) mass is 414 g/mol. The first-order chi connectivity index (χ1) is 15.0. The third-order valence-electron chi connectivity index (χ3n) is 7.10. The SMILES string of the molecule is CCc1cccc(CC)c1NC(=O)c1ccc(N2C(=O)[C@@H]3[C@@H](C2=O)[C@H]2C=C[C@H]3C2)cc1. The molecule has 5 rings (SSSR count). The maximum atomic E-state index is 13.0. The first-order valence-electron chi connectivity index (χ1n) is 11.1. The average molecular weight is 415 g/mol. The lowest BCUT2D eigenvalue weighted by molar-refractivity contribution is -0.123. The number of amides is 3. The maximum Gasteiger partial charge on any atom is 0.255 e. The van der Waals surface area contributed by atoms with Crippen LogP contribution >= 0.6 is 0 Å². The molecule has 4 atom stereocenters. The predicted molar refractivity (Wildman–Crippen MR) is 120 cm³/mol. The average Bonchev–Trinajstić information content (AvgIpc) is 3.47. The molecule has 1 N–H and O–H groups in total. The Labute approximate surface area is 182 Å². The van der Waals surface area contributed by atoms with Crippen molar-refractivity contribution in [2.45, 2.75) is 33.1 Å². The smallest absolute Gasteiger partial charge is 0.255 e. The van der Waals surface area contributed by atoms with Crippen LogP contribution in [0.2, 0.25) is 0 Å². The van der Waals surface area contributed by atoms with E-state index >= 15 is 0 Å². The van der Waals surface area contributed by atoms with Gasteiger partial charge in [0.2, 0.25) is 11.8 Å². The summed E-state index contributed by atoms with van der Waals surface area (Å²) in [7, 11) is 0. The van der Waals surface area contributed by atoms with E-state index in [0.717, 1.165) is 36.1 Å². The summed E-state index contributed by atoms with van der Waals surface area (Å²) < 4.78 is 0. The molecule has 1 heterocycles. The summed E-state index contributed by atoms with van der Waals surface area (Å²) in [5.74, 6) is -0.463. The van der Waals surface area contributed by atoms with Crippen LogP contribution < -0.4 is 10.2 Å². The molecule has 158 valence electrons. The Kier molecular flexibility index (Phi) is 4.77. The highest BCUT2D eigenvalue weighted by Crippen LogP contribution is 2.53. The summed E-state index contributed by atoms with van der Waals surface area (Å²) in [6.45, 7) is 4.14. The van der Waals surface area contributed by atoms with Gasteiger partial charge >= 0.3 is 0 Å². The fraction of sp³-hybridized carbons (Fsp3) is 0.346. The molecule has 1 aliphatic heterocycles. The van der Waals surface area contributed by atoms with Crippen LogP contribution in [0.5, 0.6) is 0 Å². The molecular formula is C26H26N2O3. The van der Waals surface area contributed by atoms with Crippen molar-refractivity contribution in [3.63, 3.8) is 0 Å². The Morgan fingerprint density at radius 2 is 1.45 bits per heavy atom. The number of allylic oxidation sites excluding steroid dienone is 2. The van der Waals surface area contributed by atoms with Crippen LogP contribution in [0.3, 0.4) is 0 Å². The lowest BCUT2D eigenvalue weighted by Crippen LogP contribution is -2.32. The summed E-state index contributed by atoms with van der Waals surface area (Å²) in [5, 5.41) is 3.06. The largest absolute Gasteiger partial charge is 0.321 e. The standard InChI is InChI=1S/C26H26N2O3/c1-3-15-6-5-7-16(4-2)23(15)27-24(29)17-10-12-20(13-11-17)28-25(30)21-18-8-9-19(14-18)22(21)26(28)31/h5-13,18-19,21-22H,3-4,14H2,1-2H3,(H,27,29)/t18-,19-,21-,22-/m0/s1. The second kappa shape index (κ2) is 7.49. The third-order valence-corrected chi connectivity index (χ3v) is 7.10. The molecule has 5 nitrogen and oxygen atoms in total. The predicted octanol–water partition coefficient (Wildman–Crippen LogP) is 4.38. The third kappa shape index (κ3) is 3.02. The summed E-state index contributed by atoms with van der Waals surface area (Å²) in [6.07, 6.45) is 6.76. The van der Waals surface area contributed by atoms with Crippen LogP contribution in [0.1, 0.15) is 41.8 Å². The van der Waals surface area contributed by atoms with E-state index in [-0.39, 0.29) is 41.4 Å². The lowest BCUT2D eigenvalue weighted by atomic mass is 9.85. The lowest BCUT2D eigenvalue weighted by Gasteiger charge is -2.18. The van der Waals surface area contributed by atoms with Gasteiger partial charge in [-0.2, -0.15) is 0 Å². The van der Waals surface area contributed by atoms with Crippen LogP contribution in [0.4, 0.5) is 11.4 Å². The van der Waals surface area contributed by atoms with E-state index in [1.54, 1.807) is 24.3 Å². The molecule has 0 aromatic heterocycles. The second-order valence-electron chi connectivity index (χ2n) is 8.67. The first-order valence-corrected chi connectivity index (χ1v) is 11.1. The van der Waals surface area contributed by atoms with E-state index in [9.17, 15) is 14.4 Å². The molecule has 2 bridgehead atoms. The zero-order valence-electron chi connectivity index (χ0n) is 17.8. The van der Waals surface area contributed by atoms with Gasteiger partial charge in [-0.3, -0.25) is 19.3 Å². The number of carbonyl (C=O) groups is 3. The molecule has 31 heavy (non-hydrogen) atoms. The van der Waals surface area contributed by atoms with Crippen molar-refractivity contribution >= 4 is 29.1 Å². The topological polar surface area (TPSA) is 66.5 Å². The minimum Gasteiger partial charge on any atom is -0.321 e. The van der Waals surface area contributed by atoms with Crippen molar-refractivity contribution in [1.82, 2.24) is 0 Å². The Hall–Kier alpha value is -3.21. The highest BCUT2D eigenvalue weighted by atomic mass is 16.2. The van der Waals surface area contributed by atoms with Crippen molar-refractivity contribution in [2.24, 2.45) is 23.7 Å². The maximum absolute atomic E-state index is 13.0. The summed E-state index contributed by atoms with van der Waals surface area (Å²) in [4.78, 5) is 40.2. The first kappa shape index (κ1) is 19.7. The molecule has 3 amide bonds. The van der Waals surface area contributed by atoms with Gasteiger partial charge in [-0.25, -0.2) is 0 Å². The minimum atomic E-state index is -0.219. The Bertz CT molecular complexity index is 1050. The minimum absolute atomic E-state index is 0.103. The highest BCUT2D eigenvalue weighted by molar-refractivity contribution is 6.23. The molecule has 2 fully saturated rings. The number of rotatable bonds is 5. The van der Waals surface area contributed by atoms with E-state index in [0.29, 0.717) is 11.3 Å². The molecule has 0 spiro atoms. The van der Waals surface area contributed by atoms with Crippen molar-refractivity contribution in [2.75, 3.05) is 10.2 Å². The van der Waals surface area contributed by atoms with Crippen LogP contribution in [0.15, 0.2) is 54.6 Å². The van der Waals surface area contributed by atoms with Crippen LogP contribution in [0, 0.1) is 23.7 Å². The zero-order chi connectivity index (χ0) is 21.7. The molecule has 1 saturated heterocycles. The van der Waals surface area contributed by atoms with Gasteiger partial charge in [0.1, 0.15) is 0 Å². The molecule has 5 heteroatoms. The number of fused-ring (bicyclic) bond motifs is 5. The van der Waals surface area contributed by atoms with Crippen LogP contribution in [0.25, 0.3) is 0 Å². The van der Waals surface area contributed by atoms with Crippen LogP contribution in [-0.4, -0.2) is 17.7 Å². The molecule has 2 aromatic rings. The molecule has 3 aliphatic rings. The number of aryl methyl sites for hydroxylation is 2. The Morgan fingerprint density at radius 1 is 0.903 bits per heavy atom. The summed E-state index contributed by atoms with van der Waals surface area (Å²) >= 11 is 0. The zero-order valence-corrected chi connectivity index (χ0v) is 17.8. The highest BCUT2D eigenvalue weighted by Gasteiger charge is 2.59. The van der Waals surface area contributed by atoms with Crippen molar-refractivity contribution in [3.05, 3.63) is 71.3 Å². The Balaban J connectivity index is 1.36. The summed E-state index contributed by atoms with van der Waals surface area (Å²) in [5.41, 5.74) is 4.13. The van der Waals surface area contributed by atoms with E-state index in [4.69, 9.17) is 0 Å². The number of para-hydroxylation sites is 1. The number of hydrogen-bond donors (Lipinski definition) is 1. The number of imide groups is 1. The van der Waals surface area contributed by atoms with E-state index in [1.807, 2.05) is 18.2 Å². The van der Waals surface area contributed by atoms with E-state index in [2.05, 4.69) is 31.3 Å². The molecule has 1 saturated carbocycles. The van der Waals surface area contributed by atoms with Gasteiger partial charge in [0, 0.05) is 11.3 Å². The van der Waals surface area contributed by atoms with Gasteiger partial charge in [-0.15, -0.1) is 0 Å². The number of nitrogens with zero attached hydrogens (tertiary/aromatic N) is 1. The molecule has 2 aromatic carbocycles. The number of nitrogens with one attached hydrogen (secondary N) is 1. The van der Waals surface area contributed by atoms with Gasteiger partial charge in [-0.1, -0.05) is 44.2 Å². The van der Waals surface area contributed by atoms with Gasteiger partial charge in [-0.05, 0) is 66.5 Å². The number of benzene rings is 2. The van der Waals surface area contributed by atoms with E-state index in [1.165, 1.54) is 4.90 Å². The molecule has 2 aliphatic carbocycles. The molecule has 0 radical (unpaired) electrons. The molecule has 0 unspecified atom stereocenters. The van der Waals surface area contributed by atoms with Gasteiger partial charge in [0.05, 0.1) is 17.5 Å². The van der Waals surface area contributed by atoms with Crippen LogP contribution in [-0.2, 0) is 22.4 Å². The van der Waals surface area contributed by atoms with Crippen molar-refractivity contribution in [1.29, 1.82) is 0 Å².